The summed E-state index contributed by atoms with van der Waals surface area (Å²) in [4.78, 5) is 31.3. The average Bonchev–Trinajstić information content (AvgIpc) is 2.58. The molecule has 1 aliphatic heterocycles. The van der Waals surface area contributed by atoms with Crippen LogP contribution in [0.25, 0.3) is 0 Å². The summed E-state index contributed by atoms with van der Waals surface area (Å²) in [5.74, 6) is -2.07. The predicted molar refractivity (Wildman–Crippen MR) is 44.0 cm³/mol. The van der Waals surface area contributed by atoms with Gasteiger partial charge >= 0.3 is 18.1 Å². The summed E-state index contributed by atoms with van der Waals surface area (Å²) >= 11 is 0. The van der Waals surface area contributed by atoms with E-state index < -0.39 is 24.2 Å². The molecule has 15 heavy (non-hydrogen) atoms. The van der Waals surface area contributed by atoms with E-state index in [1.165, 1.54) is 0 Å². The maximum atomic E-state index is 10.8. The number of carboxylic acid groups (broad SMARTS) is 1. The summed E-state index contributed by atoms with van der Waals surface area (Å²) in [5.41, 5.74) is 0. The predicted octanol–water partition coefficient (Wildman–Crippen LogP) is -0.294. The Labute approximate surface area is 84.2 Å². The molecule has 1 unspecified atom stereocenters. The Balaban J connectivity index is 2.22. The van der Waals surface area contributed by atoms with Crippen LogP contribution in [0.3, 0.4) is 0 Å². The first kappa shape index (κ1) is 11.0. The van der Waals surface area contributed by atoms with Crippen molar-refractivity contribution < 1.29 is 33.7 Å². The van der Waals surface area contributed by atoms with Crippen LogP contribution in [-0.4, -0.2) is 42.5 Å². The van der Waals surface area contributed by atoms with Gasteiger partial charge in [-0.2, -0.15) is 0 Å². The van der Waals surface area contributed by atoms with Crippen LogP contribution in [0.4, 0.5) is 4.79 Å². The number of carbonyl (C=O) groups excluding carboxylic acids is 2. The Morgan fingerprint density at radius 2 is 2.27 bits per heavy atom. The van der Waals surface area contributed by atoms with Crippen molar-refractivity contribution >= 4 is 18.1 Å². The van der Waals surface area contributed by atoms with Gasteiger partial charge < -0.3 is 19.3 Å². The molecule has 0 aromatic carbocycles. The van der Waals surface area contributed by atoms with Gasteiger partial charge in [-0.05, 0) is 0 Å². The molecule has 1 N–H and O–H groups in total. The first-order valence-corrected chi connectivity index (χ1v) is 3.99. The van der Waals surface area contributed by atoms with Gasteiger partial charge in [0.2, 0.25) is 0 Å². The van der Waals surface area contributed by atoms with Crippen molar-refractivity contribution in [2.24, 2.45) is 0 Å². The van der Waals surface area contributed by atoms with Crippen molar-refractivity contribution in [3.63, 3.8) is 0 Å². The molecule has 0 saturated carbocycles. The van der Waals surface area contributed by atoms with E-state index in [1.54, 1.807) is 0 Å². The molecular weight excluding hydrogens is 208 g/mol. The molecule has 7 heteroatoms. The summed E-state index contributed by atoms with van der Waals surface area (Å²) in [6, 6.07) is 0. The van der Waals surface area contributed by atoms with Crippen molar-refractivity contribution in [2.75, 3.05) is 13.2 Å². The molecule has 1 fully saturated rings. The summed E-state index contributed by atoms with van der Waals surface area (Å²) in [7, 11) is 0. The van der Waals surface area contributed by atoms with Gasteiger partial charge in [0.25, 0.3) is 0 Å². The Kier molecular flexibility index (Phi) is 3.67. The minimum Gasteiger partial charge on any atom is -0.478 e. The van der Waals surface area contributed by atoms with Gasteiger partial charge in [0.1, 0.15) is 13.2 Å². The second-order valence-corrected chi connectivity index (χ2v) is 2.60. The van der Waals surface area contributed by atoms with Crippen LogP contribution in [0.1, 0.15) is 0 Å². The molecule has 1 rings (SSSR count). The monoisotopic (exact) mass is 216 g/mol. The molecule has 0 bridgehead atoms. The van der Waals surface area contributed by atoms with E-state index in [4.69, 9.17) is 5.11 Å². The standard InChI is InChI=1S/C8H8O7/c9-6(10)1-2-7(11)13-3-5-4-14-8(12)15-5/h1-2,5H,3-4H2,(H,9,10). The van der Waals surface area contributed by atoms with Crippen molar-refractivity contribution in [3.05, 3.63) is 12.2 Å². The lowest BCUT2D eigenvalue weighted by Gasteiger charge is -2.05. The molecule has 0 aromatic heterocycles. The fourth-order valence-corrected chi connectivity index (χ4v) is 0.810. The lowest BCUT2D eigenvalue weighted by molar-refractivity contribution is -0.140. The van der Waals surface area contributed by atoms with Gasteiger partial charge in [-0.1, -0.05) is 0 Å². The van der Waals surface area contributed by atoms with Crippen LogP contribution in [0, 0.1) is 0 Å². The quantitative estimate of drug-likeness (QED) is 0.508. The van der Waals surface area contributed by atoms with Gasteiger partial charge in [-0.3, -0.25) is 0 Å². The fraction of sp³-hybridized carbons (Fsp3) is 0.375. The normalized spacial score (nSPS) is 19.7. The number of carboxylic acids is 1. The SMILES string of the molecule is O=C(O)C=CC(=O)OCC1COC(=O)O1. The Hall–Kier alpha value is -2.05. The van der Waals surface area contributed by atoms with E-state index >= 15 is 0 Å². The van der Waals surface area contributed by atoms with Crippen LogP contribution in [0.2, 0.25) is 0 Å². The van der Waals surface area contributed by atoms with Crippen molar-refractivity contribution in [2.45, 2.75) is 6.10 Å². The molecule has 82 valence electrons. The molecule has 1 atom stereocenters. The Bertz CT molecular complexity index is 306. The van der Waals surface area contributed by atoms with E-state index in [1.807, 2.05) is 0 Å². The first-order chi connectivity index (χ1) is 7.08. The summed E-state index contributed by atoms with van der Waals surface area (Å²) in [5, 5.41) is 8.19. The maximum absolute atomic E-state index is 10.8. The lowest BCUT2D eigenvalue weighted by Crippen LogP contribution is -2.20. The van der Waals surface area contributed by atoms with Crippen molar-refractivity contribution in [1.29, 1.82) is 0 Å². The molecule has 0 spiro atoms. The smallest absolute Gasteiger partial charge is 0.478 e. The van der Waals surface area contributed by atoms with E-state index in [2.05, 4.69) is 14.2 Å². The van der Waals surface area contributed by atoms with Crippen molar-refractivity contribution in [1.82, 2.24) is 0 Å². The van der Waals surface area contributed by atoms with Gasteiger partial charge in [0.05, 0.1) is 0 Å². The molecular formula is C8H8O7. The second-order valence-electron chi connectivity index (χ2n) is 2.60. The number of esters is 1. The minimum atomic E-state index is -1.25. The summed E-state index contributed by atoms with van der Waals surface area (Å²) < 4.78 is 13.6. The molecule has 0 amide bonds. The van der Waals surface area contributed by atoms with Crippen LogP contribution in [0.5, 0.6) is 0 Å². The van der Waals surface area contributed by atoms with E-state index in [0.717, 1.165) is 6.08 Å². The maximum Gasteiger partial charge on any atom is 0.508 e. The number of hydrogen-bond donors (Lipinski definition) is 1. The minimum absolute atomic E-state index is 0.0226. The number of hydrogen-bond acceptors (Lipinski definition) is 6. The third-order valence-corrected chi connectivity index (χ3v) is 1.42. The highest BCUT2D eigenvalue weighted by molar-refractivity contribution is 5.90. The third kappa shape index (κ3) is 4.12. The van der Waals surface area contributed by atoms with E-state index in [9.17, 15) is 14.4 Å². The molecule has 1 heterocycles. The van der Waals surface area contributed by atoms with E-state index in [-0.39, 0.29) is 13.2 Å². The largest absolute Gasteiger partial charge is 0.508 e. The van der Waals surface area contributed by atoms with Crippen LogP contribution < -0.4 is 0 Å². The third-order valence-electron chi connectivity index (χ3n) is 1.42. The second kappa shape index (κ2) is 4.99. The van der Waals surface area contributed by atoms with Crippen LogP contribution >= 0.6 is 0 Å². The highest BCUT2D eigenvalue weighted by Gasteiger charge is 2.25. The number of rotatable bonds is 4. The topological polar surface area (TPSA) is 99.1 Å². The van der Waals surface area contributed by atoms with Crippen LogP contribution in [0.15, 0.2) is 12.2 Å². The first-order valence-electron chi connectivity index (χ1n) is 3.99. The summed E-state index contributed by atoms with van der Waals surface area (Å²) in [6.45, 7) is -0.136. The van der Waals surface area contributed by atoms with Gasteiger partial charge in [-0.25, -0.2) is 14.4 Å². The van der Waals surface area contributed by atoms with E-state index in [0.29, 0.717) is 6.08 Å². The number of cyclic esters (lactones) is 2. The highest BCUT2D eigenvalue weighted by atomic mass is 16.8. The molecule has 7 nitrogen and oxygen atoms in total. The van der Waals surface area contributed by atoms with Crippen molar-refractivity contribution in [3.8, 4) is 0 Å². The molecule has 0 aliphatic carbocycles. The van der Waals surface area contributed by atoms with Gasteiger partial charge in [0, 0.05) is 12.2 Å². The zero-order chi connectivity index (χ0) is 11.3. The molecule has 1 aliphatic rings. The van der Waals surface area contributed by atoms with Gasteiger partial charge in [0.15, 0.2) is 6.10 Å². The Morgan fingerprint density at radius 1 is 1.53 bits per heavy atom. The zero-order valence-corrected chi connectivity index (χ0v) is 7.54. The lowest BCUT2D eigenvalue weighted by atomic mass is 10.4. The highest BCUT2D eigenvalue weighted by Crippen LogP contribution is 2.06. The molecule has 0 radical (unpaired) electrons. The molecule has 1 saturated heterocycles. The number of carbonyl (C=O) groups is 3. The van der Waals surface area contributed by atoms with Crippen LogP contribution in [-0.2, 0) is 23.8 Å². The Morgan fingerprint density at radius 3 is 2.80 bits per heavy atom. The number of aliphatic carboxylic acids is 1. The van der Waals surface area contributed by atoms with Gasteiger partial charge in [-0.15, -0.1) is 0 Å². The fourth-order valence-electron chi connectivity index (χ4n) is 0.810. The molecule has 0 aromatic rings. The summed E-state index contributed by atoms with van der Waals surface area (Å²) in [6.07, 6.45) is -0.0174. The zero-order valence-electron chi connectivity index (χ0n) is 7.54. The number of ether oxygens (including phenoxy) is 3. The average molecular weight is 216 g/mol.